The summed E-state index contributed by atoms with van der Waals surface area (Å²) < 4.78 is 7.58. The minimum Gasteiger partial charge on any atom is -0.474 e. The Bertz CT molecular complexity index is 1870. The lowest BCUT2D eigenvalue weighted by molar-refractivity contribution is -0.151. The number of rotatable bonds is 9. The van der Waals surface area contributed by atoms with Crippen LogP contribution in [0, 0.1) is 0 Å². The van der Waals surface area contributed by atoms with E-state index in [1.165, 1.54) is 0 Å². The minimum atomic E-state index is -1.72. The number of nitrogens with one attached hydrogen (secondary N) is 3. The highest BCUT2D eigenvalue weighted by Gasteiger charge is 2.29. The van der Waals surface area contributed by atoms with Gasteiger partial charge in [-0.15, -0.1) is 0 Å². The summed E-state index contributed by atoms with van der Waals surface area (Å²) in [5.74, 6) is -3.99. The average Bonchev–Trinajstić information content (AvgIpc) is 3.59. The zero-order chi connectivity index (χ0) is 32.0. The summed E-state index contributed by atoms with van der Waals surface area (Å²) in [6.45, 7) is 0.688. The van der Waals surface area contributed by atoms with E-state index < -0.39 is 29.9 Å². The fraction of sp³-hybridized carbons (Fsp3) is 0.167. The molecule has 0 fully saturated rings. The molecule has 1 atom stereocenters. The molecule has 4 aromatic carbocycles. The molecule has 0 radical (unpaired) electrons. The molecular weight excluding hydrogens is 584 g/mol. The number of aliphatic carboxylic acids is 1. The van der Waals surface area contributed by atoms with Crippen LogP contribution in [0.3, 0.4) is 0 Å². The summed E-state index contributed by atoms with van der Waals surface area (Å²) in [5.41, 5.74) is 11.8. The zero-order valence-electron chi connectivity index (χ0n) is 24.8. The largest absolute Gasteiger partial charge is 0.474 e. The van der Waals surface area contributed by atoms with E-state index in [1.807, 2.05) is 109 Å². The van der Waals surface area contributed by atoms with Gasteiger partial charge in [-0.1, -0.05) is 97.1 Å². The number of hydrogen-bond donors (Lipinski definition) is 4. The number of ether oxygens (including phenoxy) is 1. The molecule has 46 heavy (non-hydrogen) atoms. The fourth-order valence-electron chi connectivity index (χ4n) is 6.06. The van der Waals surface area contributed by atoms with Crippen LogP contribution < -0.4 is 16.2 Å². The lowest BCUT2D eigenvalue weighted by Crippen LogP contribution is -2.53. The van der Waals surface area contributed by atoms with Gasteiger partial charge in [0.05, 0.1) is 0 Å². The minimum absolute atomic E-state index is 0.0436. The first-order valence-corrected chi connectivity index (χ1v) is 14.9. The van der Waals surface area contributed by atoms with Gasteiger partial charge in [0.15, 0.2) is 0 Å². The van der Waals surface area contributed by atoms with Crippen molar-refractivity contribution in [2.45, 2.75) is 31.3 Å². The third-order valence-corrected chi connectivity index (χ3v) is 8.22. The number of aryl methyl sites for hydroxylation is 1. The zero-order valence-corrected chi connectivity index (χ0v) is 24.8. The molecule has 10 nitrogen and oxygen atoms in total. The maximum atomic E-state index is 13.1. The number of fused-ring (bicyclic) bond motifs is 4. The maximum Gasteiger partial charge on any atom is 0.426 e. The van der Waals surface area contributed by atoms with E-state index in [4.69, 9.17) is 4.74 Å². The maximum absolute atomic E-state index is 13.1. The molecule has 3 amide bonds. The first-order valence-electron chi connectivity index (χ1n) is 14.9. The Morgan fingerprint density at radius 3 is 2.11 bits per heavy atom. The van der Waals surface area contributed by atoms with E-state index in [0.29, 0.717) is 13.0 Å². The van der Waals surface area contributed by atoms with Crippen molar-refractivity contribution in [1.82, 2.24) is 20.7 Å². The molecule has 1 aliphatic rings. The topological polar surface area (TPSA) is 139 Å². The van der Waals surface area contributed by atoms with Crippen LogP contribution in [0.2, 0.25) is 0 Å². The molecule has 5 aromatic rings. The van der Waals surface area contributed by atoms with Crippen LogP contribution in [0.25, 0.3) is 22.0 Å². The number of aromatic nitrogens is 1. The number of carbonyl (C=O) groups is 4. The standard InChI is InChI=1S/C36H32N4O6/c41-33(38-39-36(45)46-22-30-28-15-6-4-13-26(28)27-14-5-7-16-29(27)30)31(37-34(42)35(43)44)19-18-24-21-40(20-23-10-2-1-3-11-23)32-17-9-8-12-25(24)32/h1-17,21,30-31H,18-20,22H2,(H,37,42)(H,38,41)(H,39,45)(H,43,44). The van der Waals surface area contributed by atoms with Gasteiger partial charge in [-0.3, -0.25) is 15.0 Å². The van der Waals surface area contributed by atoms with Gasteiger partial charge in [-0.25, -0.2) is 15.0 Å². The van der Waals surface area contributed by atoms with E-state index in [1.54, 1.807) is 0 Å². The summed E-state index contributed by atoms with van der Waals surface area (Å²) in [7, 11) is 0. The SMILES string of the molecule is O=C(NNC(=O)C(CCc1cn(Cc2ccccc2)c2ccccc12)NC(=O)C(=O)O)OCC1c2ccccc2-c2ccccc21. The summed E-state index contributed by atoms with van der Waals surface area (Å²) in [5, 5.41) is 12.4. The van der Waals surface area contributed by atoms with Gasteiger partial charge < -0.3 is 19.7 Å². The summed E-state index contributed by atoms with van der Waals surface area (Å²) in [6, 6.07) is 32.5. The average molecular weight is 617 g/mol. The van der Waals surface area contributed by atoms with Crippen LogP contribution in [0.5, 0.6) is 0 Å². The van der Waals surface area contributed by atoms with E-state index in [-0.39, 0.29) is 18.9 Å². The Morgan fingerprint density at radius 2 is 1.41 bits per heavy atom. The smallest absolute Gasteiger partial charge is 0.426 e. The molecule has 0 aliphatic heterocycles. The van der Waals surface area contributed by atoms with Crippen LogP contribution in [-0.4, -0.2) is 46.2 Å². The van der Waals surface area contributed by atoms with Crippen LogP contribution in [-0.2, 0) is 32.1 Å². The van der Waals surface area contributed by atoms with E-state index in [2.05, 4.69) is 20.7 Å². The van der Waals surface area contributed by atoms with Gasteiger partial charge in [0.1, 0.15) is 12.6 Å². The lowest BCUT2D eigenvalue weighted by Gasteiger charge is -2.18. The number of para-hydroxylation sites is 1. The van der Waals surface area contributed by atoms with Crippen molar-refractivity contribution in [3.63, 3.8) is 0 Å². The Labute approximate surface area is 265 Å². The second-order valence-electron chi connectivity index (χ2n) is 11.1. The van der Waals surface area contributed by atoms with E-state index in [9.17, 15) is 24.3 Å². The van der Waals surface area contributed by atoms with E-state index >= 15 is 0 Å². The molecule has 1 aliphatic carbocycles. The molecule has 1 unspecified atom stereocenters. The molecule has 1 heterocycles. The summed E-state index contributed by atoms with van der Waals surface area (Å²) >= 11 is 0. The van der Waals surface area contributed by atoms with Crippen LogP contribution in [0.4, 0.5) is 4.79 Å². The highest BCUT2D eigenvalue weighted by Crippen LogP contribution is 2.44. The van der Waals surface area contributed by atoms with Crippen molar-refractivity contribution in [2.24, 2.45) is 0 Å². The highest BCUT2D eigenvalue weighted by molar-refractivity contribution is 6.32. The Balaban J connectivity index is 1.10. The normalized spacial score (nSPS) is 12.5. The molecule has 0 spiro atoms. The first kappa shape index (κ1) is 30.1. The van der Waals surface area contributed by atoms with Crippen molar-refractivity contribution in [3.8, 4) is 11.1 Å². The number of benzene rings is 4. The molecule has 1 aromatic heterocycles. The number of carboxylic acid groups (broad SMARTS) is 1. The molecule has 10 heteroatoms. The quantitative estimate of drug-likeness (QED) is 0.139. The van der Waals surface area contributed by atoms with Crippen molar-refractivity contribution in [2.75, 3.05) is 6.61 Å². The van der Waals surface area contributed by atoms with Crippen LogP contribution in [0.1, 0.15) is 34.6 Å². The van der Waals surface area contributed by atoms with Gasteiger partial charge in [-0.05, 0) is 52.3 Å². The van der Waals surface area contributed by atoms with Gasteiger partial charge in [0, 0.05) is 29.6 Å². The number of hydrogen-bond acceptors (Lipinski definition) is 5. The van der Waals surface area contributed by atoms with Crippen LogP contribution in [0.15, 0.2) is 109 Å². The van der Waals surface area contributed by atoms with Gasteiger partial charge >= 0.3 is 18.0 Å². The van der Waals surface area contributed by atoms with Crippen molar-refractivity contribution in [3.05, 3.63) is 132 Å². The fourth-order valence-corrected chi connectivity index (χ4v) is 6.06. The molecule has 0 saturated carbocycles. The second kappa shape index (κ2) is 13.4. The predicted molar refractivity (Wildman–Crippen MR) is 172 cm³/mol. The van der Waals surface area contributed by atoms with Gasteiger partial charge in [0.25, 0.3) is 5.91 Å². The number of nitrogens with zero attached hydrogens (tertiary/aromatic N) is 1. The number of carbonyl (C=O) groups excluding carboxylic acids is 3. The number of carboxylic acids is 1. The lowest BCUT2D eigenvalue weighted by atomic mass is 9.98. The third kappa shape index (κ3) is 6.46. The summed E-state index contributed by atoms with van der Waals surface area (Å²) in [4.78, 5) is 49.1. The van der Waals surface area contributed by atoms with Gasteiger partial charge in [0.2, 0.25) is 0 Å². The van der Waals surface area contributed by atoms with Crippen molar-refractivity contribution in [1.29, 1.82) is 0 Å². The number of hydrazine groups is 1. The molecule has 0 saturated heterocycles. The molecule has 232 valence electrons. The molecule has 4 N–H and O–H groups in total. The third-order valence-electron chi connectivity index (χ3n) is 8.22. The Hall–Kier alpha value is -5.90. The highest BCUT2D eigenvalue weighted by atomic mass is 16.6. The molecule has 6 rings (SSSR count). The van der Waals surface area contributed by atoms with Gasteiger partial charge in [-0.2, -0.15) is 0 Å². The second-order valence-corrected chi connectivity index (χ2v) is 11.1. The van der Waals surface area contributed by atoms with E-state index in [0.717, 1.165) is 44.3 Å². The Morgan fingerprint density at radius 1 is 0.783 bits per heavy atom. The monoisotopic (exact) mass is 616 g/mol. The predicted octanol–water partition coefficient (Wildman–Crippen LogP) is 4.76. The Kier molecular flexibility index (Phi) is 8.78. The summed E-state index contributed by atoms with van der Waals surface area (Å²) in [6.07, 6.45) is 1.55. The molecule has 0 bridgehead atoms. The molecular formula is C36H32N4O6. The van der Waals surface area contributed by atoms with Crippen LogP contribution >= 0.6 is 0 Å². The first-order chi connectivity index (χ1) is 22.4. The van der Waals surface area contributed by atoms with Crippen molar-refractivity contribution >= 4 is 34.8 Å². The van der Waals surface area contributed by atoms with Crippen molar-refractivity contribution < 1.29 is 29.0 Å². The number of amides is 3.